The van der Waals surface area contributed by atoms with E-state index in [0.29, 0.717) is 18.6 Å². The number of aliphatic hydroxyl groups excluding tert-OH is 1. The Morgan fingerprint density at radius 3 is 2.58 bits per heavy atom. The van der Waals surface area contributed by atoms with Crippen molar-refractivity contribution in [3.63, 3.8) is 0 Å². The number of hydrogen-bond donors (Lipinski definition) is 1. The summed E-state index contributed by atoms with van der Waals surface area (Å²) in [4.78, 5) is 2.47. The summed E-state index contributed by atoms with van der Waals surface area (Å²) in [6.45, 7) is 3.52. The van der Waals surface area contributed by atoms with E-state index in [0.717, 1.165) is 32.5 Å². The van der Waals surface area contributed by atoms with Crippen molar-refractivity contribution in [1.82, 2.24) is 14.7 Å². The van der Waals surface area contributed by atoms with Crippen molar-refractivity contribution in [1.29, 1.82) is 0 Å². The van der Waals surface area contributed by atoms with Gasteiger partial charge in [-0.2, -0.15) is 5.10 Å². The average Bonchev–Trinajstić information content (AvgIpc) is 3.10. The fourth-order valence-electron chi connectivity index (χ4n) is 3.39. The monoisotopic (exact) mass is 263 g/mol. The molecular weight excluding hydrogens is 238 g/mol. The van der Waals surface area contributed by atoms with E-state index in [-0.39, 0.29) is 0 Å². The number of aliphatic hydroxyl groups is 1. The van der Waals surface area contributed by atoms with Gasteiger partial charge in [-0.05, 0) is 50.8 Å². The quantitative estimate of drug-likeness (QED) is 0.905. The van der Waals surface area contributed by atoms with Gasteiger partial charge in [0, 0.05) is 19.3 Å². The number of aromatic nitrogens is 2. The number of piperidine rings is 1. The van der Waals surface area contributed by atoms with Gasteiger partial charge in [0.2, 0.25) is 0 Å². The Hall–Kier alpha value is -0.870. The number of nitrogens with zero attached hydrogens (tertiary/aromatic N) is 3. The van der Waals surface area contributed by atoms with Crippen LogP contribution in [0.2, 0.25) is 0 Å². The van der Waals surface area contributed by atoms with E-state index in [1.165, 1.54) is 31.4 Å². The second-order valence-electron chi connectivity index (χ2n) is 6.13. The van der Waals surface area contributed by atoms with E-state index >= 15 is 0 Å². The maximum Gasteiger partial charge on any atom is 0.0764 e. The van der Waals surface area contributed by atoms with E-state index in [4.69, 9.17) is 10.2 Å². The predicted octanol–water partition coefficient (Wildman–Crippen LogP) is 2.20. The molecule has 4 nitrogen and oxygen atoms in total. The molecule has 4 heteroatoms. The van der Waals surface area contributed by atoms with Crippen molar-refractivity contribution in [2.45, 2.75) is 51.1 Å². The number of likely N-dealkylation sites (tertiary alicyclic amines) is 1. The van der Waals surface area contributed by atoms with Crippen molar-refractivity contribution in [3.05, 3.63) is 18.0 Å². The highest BCUT2D eigenvalue weighted by Crippen LogP contribution is 2.28. The van der Waals surface area contributed by atoms with Gasteiger partial charge in [-0.25, -0.2) is 0 Å². The van der Waals surface area contributed by atoms with Gasteiger partial charge in [-0.3, -0.25) is 9.58 Å². The third-order valence-electron chi connectivity index (χ3n) is 4.71. The fraction of sp³-hybridized carbons (Fsp3) is 0.800. The van der Waals surface area contributed by atoms with E-state index < -0.39 is 0 Å². The van der Waals surface area contributed by atoms with Crippen LogP contribution in [-0.2, 0) is 6.54 Å². The molecule has 1 saturated heterocycles. The zero-order chi connectivity index (χ0) is 13.1. The molecular formula is C15H25N3O. The largest absolute Gasteiger partial charge is 0.396 e. The van der Waals surface area contributed by atoms with E-state index in [1.54, 1.807) is 0 Å². The van der Waals surface area contributed by atoms with Crippen molar-refractivity contribution < 1.29 is 5.11 Å². The van der Waals surface area contributed by atoms with Gasteiger partial charge in [-0.1, -0.05) is 12.8 Å². The lowest BCUT2D eigenvalue weighted by atomic mass is 9.98. The van der Waals surface area contributed by atoms with Gasteiger partial charge >= 0.3 is 0 Å². The molecule has 1 N–H and O–H groups in total. The Morgan fingerprint density at radius 1 is 1.16 bits per heavy atom. The first kappa shape index (κ1) is 13.1. The predicted molar refractivity (Wildman–Crippen MR) is 74.8 cm³/mol. The minimum atomic E-state index is 0.351. The molecule has 0 unspecified atom stereocenters. The molecule has 2 aliphatic rings. The lowest BCUT2D eigenvalue weighted by Crippen LogP contribution is -2.34. The van der Waals surface area contributed by atoms with Crippen LogP contribution in [0.4, 0.5) is 0 Å². The Balaban J connectivity index is 1.52. The van der Waals surface area contributed by atoms with Crippen molar-refractivity contribution >= 4 is 0 Å². The summed E-state index contributed by atoms with van der Waals surface area (Å²) in [6, 6.07) is 2.82. The first-order valence-electron chi connectivity index (χ1n) is 7.72. The van der Waals surface area contributed by atoms with Crippen LogP contribution in [-0.4, -0.2) is 39.5 Å². The molecule has 19 heavy (non-hydrogen) atoms. The molecule has 0 radical (unpaired) electrons. The molecule has 1 aliphatic carbocycles. The molecule has 1 aromatic heterocycles. The van der Waals surface area contributed by atoms with Crippen LogP contribution in [0.15, 0.2) is 12.3 Å². The van der Waals surface area contributed by atoms with Crippen LogP contribution < -0.4 is 0 Å². The fourth-order valence-corrected chi connectivity index (χ4v) is 3.39. The first-order valence-corrected chi connectivity index (χ1v) is 7.72. The average molecular weight is 263 g/mol. The normalized spacial score (nSPS) is 23.2. The summed E-state index contributed by atoms with van der Waals surface area (Å²) in [6.07, 6.45) is 9.71. The van der Waals surface area contributed by atoms with Crippen LogP contribution in [0.25, 0.3) is 0 Å². The van der Waals surface area contributed by atoms with Crippen LogP contribution in [0, 0.1) is 5.92 Å². The summed E-state index contributed by atoms with van der Waals surface area (Å²) < 4.78 is 2.18. The molecule has 2 fully saturated rings. The minimum Gasteiger partial charge on any atom is -0.396 e. The van der Waals surface area contributed by atoms with E-state index in [9.17, 15) is 0 Å². The summed E-state index contributed by atoms with van der Waals surface area (Å²) in [7, 11) is 0. The standard InChI is InChI=1S/C15H25N3O/c19-12-13-5-8-17(9-6-13)11-14-7-10-18(16-14)15-3-1-2-4-15/h7,10,13,15,19H,1-6,8-9,11-12H2. The molecule has 1 aliphatic heterocycles. The van der Waals surface area contributed by atoms with Crippen molar-refractivity contribution in [3.8, 4) is 0 Å². The van der Waals surface area contributed by atoms with Crippen LogP contribution in [0.1, 0.15) is 50.3 Å². The summed E-state index contributed by atoms with van der Waals surface area (Å²) in [5.41, 5.74) is 1.20. The molecule has 0 amide bonds. The topological polar surface area (TPSA) is 41.3 Å². The van der Waals surface area contributed by atoms with Crippen molar-refractivity contribution in [2.75, 3.05) is 19.7 Å². The lowest BCUT2D eigenvalue weighted by Gasteiger charge is -2.30. The third kappa shape index (κ3) is 3.18. The number of rotatable bonds is 4. The highest BCUT2D eigenvalue weighted by atomic mass is 16.3. The van der Waals surface area contributed by atoms with Gasteiger partial charge in [-0.15, -0.1) is 0 Å². The van der Waals surface area contributed by atoms with Gasteiger partial charge in [0.25, 0.3) is 0 Å². The highest BCUT2D eigenvalue weighted by Gasteiger charge is 2.20. The van der Waals surface area contributed by atoms with E-state index in [1.807, 2.05) is 0 Å². The molecule has 1 aromatic rings. The number of hydrogen-bond acceptors (Lipinski definition) is 3. The second kappa shape index (κ2) is 6.06. The summed E-state index contributed by atoms with van der Waals surface area (Å²) in [5, 5.41) is 13.9. The Bertz CT molecular complexity index is 390. The van der Waals surface area contributed by atoms with Crippen LogP contribution >= 0.6 is 0 Å². The molecule has 106 valence electrons. The maximum absolute atomic E-state index is 9.16. The lowest BCUT2D eigenvalue weighted by molar-refractivity contribution is 0.126. The van der Waals surface area contributed by atoms with Crippen LogP contribution in [0.3, 0.4) is 0 Å². The first-order chi connectivity index (χ1) is 9.35. The van der Waals surface area contributed by atoms with Gasteiger partial charge in [0.15, 0.2) is 0 Å². The zero-order valence-corrected chi connectivity index (χ0v) is 11.7. The molecule has 2 heterocycles. The molecule has 0 atom stereocenters. The second-order valence-corrected chi connectivity index (χ2v) is 6.13. The Labute approximate surface area is 115 Å². The maximum atomic E-state index is 9.16. The van der Waals surface area contributed by atoms with Gasteiger partial charge < -0.3 is 5.11 Å². The Morgan fingerprint density at radius 2 is 1.89 bits per heavy atom. The molecule has 0 aromatic carbocycles. The van der Waals surface area contributed by atoms with Gasteiger partial charge in [0.05, 0.1) is 11.7 Å². The van der Waals surface area contributed by atoms with Gasteiger partial charge in [0.1, 0.15) is 0 Å². The van der Waals surface area contributed by atoms with Crippen LogP contribution in [0.5, 0.6) is 0 Å². The summed E-state index contributed by atoms with van der Waals surface area (Å²) in [5.74, 6) is 0.521. The smallest absolute Gasteiger partial charge is 0.0764 e. The SMILES string of the molecule is OCC1CCN(Cc2ccn(C3CCCC3)n2)CC1. The summed E-state index contributed by atoms with van der Waals surface area (Å²) >= 11 is 0. The Kier molecular flexibility index (Phi) is 4.18. The molecule has 0 spiro atoms. The highest BCUT2D eigenvalue weighted by molar-refractivity contribution is 5.00. The zero-order valence-electron chi connectivity index (χ0n) is 11.7. The molecule has 0 bridgehead atoms. The van der Waals surface area contributed by atoms with Crippen molar-refractivity contribution in [2.24, 2.45) is 5.92 Å². The molecule has 1 saturated carbocycles. The molecule has 3 rings (SSSR count). The third-order valence-corrected chi connectivity index (χ3v) is 4.71. The minimum absolute atomic E-state index is 0.351. The van der Waals surface area contributed by atoms with E-state index in [2.05, 4.69) is 21.8 Å².